The molecule has 2 aromatic carbocycles. The minimum absolute atomic E-state index is 0.117. The number of thioether (sulfide) groups is 1. The zero-order chi connectivity index (χ0) is 30.6. The lowest BCUT2D eigenvalue weighted by Crippen LogP contribution is -2.34. The molecule has 1 aliphatic heterocycles. The number of rotatable bonds is 11. The molecule has 0 fully saturated rings. The fourth-order valence-electron chi connectivity index (χ4n) is 4.84. The second-order valence-corrected chi connectivity index (χ2v) is 11.8. The first kappa shape index (κ1) is 31.4. The van der Waals surface area contributed by atoms with Crippen molar-refractivity contribution >= 4 is 51.1 Å². The van der Waals surface area contributed by atoms with Crippen LogP contribution in [0.5, 0.6) is 11.5 Å². The van der Waals surface area contributed by atoms with Crippen molar-refractivity contribution in [3.63, 3.8) is 0 Å². The van der Waals surface area contributed by atoms with Crippen LogP contribution in [0.15, 0.2) is 51.2 Å². The molecule has 0 saturated carbocycles. The Morgan fingerprint density at radius 3 is 2.57 bits per heavy atom. The summed E-state index contributed by atoms with van der Waals surface area (Å²) in [4.78, 5) is 33.0. The molecule has 4 rings (SSSR count). The summed E-state index contributed by atoms with van der Waals surface area (Å²) in [6.07, 6.45) is 0. The number of halogens is 1. The molecule has 2 amide bonds. The molecule has 0 aliphatic carbocycles. The van der Waals surface area contributed by atoms with Crippen LogP contribution in [-0.4, -0.2) is 64.0 Å². The van der Waals surface area contributed by atoms with Crippen molar-refractivity contribution in [1.29, 1.82) is 0 Å². The van der Waals surface area contributed by atoms with Crippen molar-refractivity contribution in [2.24, 2.45) is 0 Å². The Bertz CT molecular complexity index is 1520. The second kappa shape index (κ2) is 13.6. The van der Waals surface area contributed by atoms with Crippen LogP contribution in [0.2, 0.25) is 0 Å². The second-order valence-electron chi connectivity index (χ2n) is 9.75. The highest BCUT2D eigenvalue weighted by Gasteiger charge is 2.35. The highest BCUT2D eigenvalue weighted by Crippen LogP contribution is 2.43. The molecule has 3 aromatic rings. The maximum atomic E-state index is 14.0. The van der Waals surface area contributed by atoms with Crippen LogP contribution in [0.4, 0.5) is 11.6 Å². The number of benzene rings is 2. The number of carbonyl (C=O) groups is 2. The molecule has 2 heterocycles. The standard InChI is InChI=1S/C30H37BrN6O4S/c1-8-36(9-2)24(38)16-41-27-21(31)14-20(15-23(27)40-7)26-25(28(39)33-22-13-11-12-17(4)18(22)5)19(6)32-29-34-30(42-10-3)35-37(26)29/h11-15,26H,8-10,16H2,1-7H3,(H,33,39)(H,32,34,35). The molecule has 2 N–H and O–H groups in total. The first-order valence-corrected chi connectivity index (χ1v) is 15.6. The molecule has 42 heavy (non-hydrogen) atoms. The monoisotopic (exact) mass is 656 g/mol. The van der Waals surface area contributed by atoms with Gasteiger partial charge in [-0.25, -0.2) is 4.68 Å². The number of carbonyl (C=O) groups excluding carboxylic acids is 2. The van der Waals surface area contributed by atoms with Crippen LogP contribution in [0.3, 0.4) is 0 Å². The summed E-state index contributed by atoms with van der Waals surface area (Å²) in [5, 5.41) is 11.8. The topological polar surface area (TPSA) is 111 Å². The molecule has 0 saturated heterocycles. The van der Waals surface area contributed by atoms with Gasteiger partial charge in [0.25, 0.3) is 11.8 Å². The number of likely N-dealkylation sites (N-methyl/N-ethyl adjacent to an activating group) is 1. The smallest absolute Gasteiger partial charge is 0.260 e. The first-order chi connectivity index (χ1) is 20.1. The van der Waals surface area contributed by atoms with Gasteiger partial charge < -0.3 is 25.0 Å². The number of aromatic nitrogens is 3. The number of nitrogens with zero attached hydrogens (tertiary/aromatic N) is 4. The van der Waals surface area contributed by atoms with E-state index in [0.29, 0.717) is 51.4 Å². The van der Waals surface area contributed by atoms with Gasteiger partial charge >= 0.3 is 0 Å². The Kier molecular flexibility index (Phi) is 10.2. The van der Waals surface area contributed by atoms with Gasteiger partial charge in [0.05, 0.1) is 17.2 Å². The molecule has 10 nitrogen and oxygen atoms in total. The number of fused-ring (bicyclic) bond motifs is 1. The molecule has 1 unspecified atom stereocenters. The third-order valence-corrected chi connectivity index (χ3v) is 8.54. The third kappa shape index (κ3) is 6.44. The van der Waals surface area contributed by atoms with Crippen molar-refractivity contribution in [1.82, 2.24) is 19.7 Å². The van der Waals surface area contributed by atoms with Crippen molar-refractivity contribution in [2.45, 2.75) is 52.7 Å². The van der Waals surface area contributed by atoms with Gasteiger partial charge in [-0.1, -0.05) is 30.8 Å². The van der Waals surface area contributed by atoms with Gasteiger partial charge in [-0.2, -0.15) is 4.98 Å². The predicted molar refractivity (Wildman–Crippen MR) is 170 cm³/mol. The molecule has 224 valence electrons. The summed E-state index contributed by atoms with van der Waals surface area (Å²) in [6, 6.07) is 8.88. The zero-order valence-electron chi connectivity index (χ0n) is 25.0. The zero-order valence-corrected chi connectivity index (χ0v) is 27.4. The van der Waals surface area contributed by atoms with Crippen LogP contribution in [0.1, 0.15) is 50.4 Å². The van der Waals surface area contributed by atoms with Gasteiger partial charge in [0.2, 0.25) is 11.1 Å². The number of aryl methyl sites for hydroxylation is 1. The Morgan fingerprint density at radius 1 is 1.17 bits per heavy atom. The lowest BCUT2D eigenvalue weighted by Gasteiger charge is -2.29. The summed E-state index contributed by atoms with van der Waals surface area (Å²) in [7, 11) is 1.54. The number of nitrogens with one attached hydrogen (secondary N) is 2. The Morgan fingerprint density at radius 2 is 1.90 bits per heavy atom. The minimum atomic E-state index is -0.623. The van der Waals surface area contributed by atoms with Crippen molar-refractivity contribution < 1.29 is 19.1 Å². The molecule has 1 atom stereocenters. The summed E-state index contributed by atoms with van der Waals surface area (Å²) in [6.45, 7) is 12.8. The fraction of sp³-hybridized carbons (Fsp3) is 0.400. The number of anilines is 2. The number of allylic oxidation sites excluding steroid dienone is 1. The van der Waals surface area contributed by atoms with E-state index in [9.17, 15) is 9.59 Å². The van der Waals surface area contributed by atoms with Gasteiger partial charge in [-0.05, 0) is 91.2 Å². The quantitative estimate of drug-likeness (QED) is 0.244. The molecule has 1 aliphatic rings. The van der Waals surface area contributed by atoms with Crippen LogP contribution >= 0.6 is 27.7 Å². The highest BCUT2D eigenvalue weighted by atomic mass is 79.9. The van der Waals surface area contributed by atoms with E-state index in [1.54, 1.807) is 16.7 Å². The van der Waals surface area contributed by atoms with E-state index in [1.165, 1.54) is 11.8 Å². The maximum Gasteiger partial charge on any atom is 0.260 e. The fourth-order valence-corrected chi connectivity index (χ4v) is 5.97. The highest BCUT2D eigenvalue weighted by molar-refractivity contribution is 9.10. The van der Waals surface area contributed by atoms with Gasteiger partial charge in [0.1, 0.15) is 6.04 Å². The Labute approximate surface area is 259 Å². The molecule has 1 aromatic heterocycles. The van der Waals surface area contributed by atoms with Crippen LogP contribution in [-0.2, 0) is 9.59 Å². The van der Waals surface area contributed by atoms with Crippen molar-refractivity contribution in [3.05, 3.63) is 62.8 Å². The van der Waals surface area contributed by atoms with Crippen molar-refractivity contribution in [2.75, 3.05) is 43.2 Å². The maximum absolute atomic E-state index is 14.0. The van der Waals surface area contributed by atoms with E-state index >= 15 is 0 Å². The van der Waals surface area contributed by atoms with Gasteiger partial charge in [0.15, 0.2) is 18.1 Å². The normalized spacial score (nSPS) is 14.2. The molecule has 0 bridgehead atoms. The molecular weight excluding hydrogens is 620 g/mol. The van der Waals surface area contributed by atoms with E-state index in [2.05, 4.69) is 31.5 Å². The summed E-state index contributed by atoms with van der Waals surface area (Å²) in [5.74, 6) is 1.79. The lowest BCUT2D eigenvalue weighted by molar-refractivity contribution is -0.133. The van der Waals surface area contributed by atoms with Gasteiger partial charge in [-0.3, -0.25) is 9.59 Å². The van der Waals surface area contributed by atoms with E-state index in [0.717, 1.165) is 28.1 Å². The van der Waals surface area contributed by atoms with E-state index in [-0.39, 0.29) is 18.4 Å². The summed E-state index contributed by atoms with van der Waals surface area (Å²) < 4.78 is 14.0. The SMILES string of the molecule is CCSc1nc2n(n1)C(c1cc(Br)c(OCC(=O)N(CC)CC)c(OC)c1)C(C(=O)Nc1cccc(C)c1C)=C(C)N2. The summed E-state index contributed by atoms with van der Waals surface area (Å²) in [5.41, 5.74) is 4.70. The lowest BCUT2D eigenvalue weighted by atomic mass is 9.94. The Balaban J connectivity index is 1.77. The number of ether oxygens (including phenoxy) is 2. The molecule has 0 radical (unpaired) electrons. The molecular formula is C30H37BrN6O4S. The van der Waals surface area contributed by atoms with Gasteiger partial charge in [0, 0.05) is 24.5 Å². The van der Waals surface area contributed by atoms with E-state index in [4.69, 9.17) is 14.6 Å². The number of hydrogen-bond donors (Lipinski definition) is 2. The average molecular weight is 658 g/mol. The molecule has 12 heteroatoms. The third-order valence-electron chi connectivity index (χ3n) is 7.23. The largest absolute Gasteiger partial charge is 0.493 e. The first-order valence-electron chi connectivity index (χ1n) is 13.9. The van der Waals surface area contributed by atoms with E-state index < -0.39 is 6.04 Å². The predicted octanol–water partition coefficient (Wildman–Crippen LogP) is 5.95. The van der Waals surface area contributed by atoms with Crippen LogP contribution in [0.25, 0.3) is 0 Å². The van der Waals surface area contributed by atoms with Gasteiger partial charge in [-0.15, -0.1) is 5.10 Å². The van der Waals surface area contributed by atoms with Crippen LogP contribution in [0, 0.1) is 13.8 Å². The Hall–Kier alpha value is -3.51. The molecule has 0 spiro atoms. The number of methoxy groups -OCH3 is 1. The van der Waals surface area contributed by atoms with Crippen LogP contribution < -0.4 is 20.1 Å². The van der Waals surface area contributed by atoms with E-state index in [1.807, 2.05) is 71.9 Å². The average Bonchev–Trinajstić information content (AvgIpc) is 3.36. The number of amides is 2. The minimum Gasteiger partial charge on any atom is -0.493 e. The summed E-state index contributed by atoms with van der Waals surface area (Å²) >= 11 is 5.15. The number of hydrogen-bond acceptors (Lipinski definition) is 8. The van der Waals surface area contributed by atoms with Crippen molar-refractivity contribution in [3.8, 4) is 11.5 Å².